The molecule has 3 heterocycles. The Morgan fingerprint density at radius 2 is 0.694 bits per heavy atom. The summed E-state index contributed by atoms with van der Waals surface area (Å²) in [6.07, 6.45) is 4.36. The van der Waals surface area contributed by atoms with Crippen LogP contribution >= 0.6 is 0 Å². The van der Waals surface area contributed by atoms with Crippen LogP contribution in [-0.4, -0.2) is 34.2 Å². The van der Waals surface area contributed by atoms with Crippen molar-refractivity contribution in [3.8, 4) is 0 Å². The van der Waals surface area contributed by atoms with Gasteiger partial charge in [-0.3, -0.25) is 9.97 Å². The van der Waals surface area contributed by atoms with Gasteiger partial charge in [0.1, 0.15) is 16.1 Å². The summed E-state index contributed by atoms with van der Waals surface area (Å²) in [5, 5.41) is 7.93. The number of aromatic nitrogens is 2. The molecule has 0 amide bonds. The topological polar surface area (TPSA) is 25.8 Å². The van der Waals surface area contributed by atoms with Crippen LogP contribution in [0.1, 0.15) is 22.3 Å². The number of hydrogen-bond donors (Lipinski definition) is 0. The normalized spacial score (nSPS) is 14.7. The second-order valence-electron chi connectivity index (χ2n) is 15.1. The second kappa shape index (κ2) is 13.0. The van der Waals surface area contributed by atoms with Crippen molar-refractivity contribution < 1.29 is 0 Å². The molecule has 5 heteroatoms. The third-order valence-electron chi connectivity index (χ3n) is 9.68. The molecule has 2 nitrogen and oxygen atoms in total. The van der Waals surface area contributed by atoms with E-state index in [4.69, 9.17) is 9.97 Å². The molecule has 0 atom stereocenters. The van der Waals surface area contributed by atoms with Crippen molar-refractivity contribution in [3.05, 3.63) is 180 Å². The van der Waals surface area contributed by atoms with Crippen LogP contribution in [0, 0.1) is 0 Å². The Bertz CT molecular complexity index is 1970. The van der Waals surface area contributed by atoms with E-state index in [1.165, 1.54) is 64.8 Å². The van der Waals surface area contributed by atoms with E-state index in [1.807, 2.05) is 0 Å². The average Bonchev–Trinajstić information content (AvgIpc) is 3.45. The van der Waals surface area contributed by atoms with Gasteiger partial charge in [0.15, 0.2) is 8.07 Å². The molecule has 4 aromatic carbocycles. The fraction of sp³-hybridized carbons (Fsp3) is 0.136. The molecule has 0 saturated carbocycles. The van der Waals surface area contributed by atoms with Gasteiger partial charge in [-0.05, 0) is 66.3 Å². The molecule has 49 heavy (non-hydrogen) atoms. The van der Waals surface area contributed by atoms with Gasteiger partial charge in [0.05, 0.1) is 0 Å². The van der Waals surface area contributed by atoms with Gasteiger partial charge in [0.2, 0.25) is 0 Å². The molecule has 0 saturated heterocycles. The monoisotopic (exact) mass is 684 g/mol. The molecule has 0 bridgehead atoms. The van der Waals surface area contributed by atoms with Crippen LogP contribution in [0.15, 0.2) is 158 Å². The lowest BCUT2D eigenvalue weighted by Gasteiger charge is -2.36. The average molecular weight is 685 g/mol. The van der Waals surface area contributed by atoms with Crippen LogP contribution in [0.3, 0.4) is 0 Å². The Labute approximate surface area is 295 Å². The largest absolute Gasteiger partial charge is 0.266 e. The predicted molar refractivity (Wildman–Crippen MR) is 219 cm³/mol. The summed E-state index contributed by atoms with van der Waals surface area (Å²) in [7, 11) is -6.29. The standard InChI is InChI=1S/C44H44N2Si3/c1-47(2,3)39-29-27-35(31-45-39)43-41(33-19-11-7-12-20-33)42(34-21-13-8-14-22-34)44(36-28-30-40(46-32-36)48(4,5)6)49(43,37-23-15-9-16-24-37)38-25-17-10-18-26-38/h7-32H,1-6H3. The number of allylic oxidation sites excluding steroid dienone is 2. The first-order chi connectivity index (χ1) is 23.6. The zero-order chi connectivity index (χ0) is 34.2. The van der Waals surface area contributed by atoms with E-state index >= 15 is 0 Å². The molecule has 0 aliphatic carbocycles. The van der Waals surface area contributed by atoms with Crippen LogP contribution in [0.5, 0.6) is 0 Å². The third-order valence-corrected chi connectivity index (χ3v) is 18.3. The summed E-state index contributed by atoms with van der Waals surface area (Å²) in [4.78, 5) is 10.5. The molecular formula is C44H44N2Si3. The van der Waals surface area contributed by atoms with E-state index in [1.54, 1.807) is 0 Å². The molecule has 1 aliphatic rings. The van der Waals surface area contributed by atoms with E-state index in [2.05, 4.69) is 197 Å². The number of hydrogen-bond acceptors (Lipinski definition) is 2. The van der Waals surface area contributed by atoms with Crippen molar-refractivity contribution in [2.45, 2.75) is 39.3 Å². The fourth-order valence-corrected chi connectivity index (χ4v) is 15.0. The SMILES string of the molecule is C[Si](C)(C)c1ccc(C2=C(c3ccccc3)C(c3ccccc3)=C(c3ccc([Si](C)(C)C)nc3)[Si]2(c2ccccc2)c2ccccc2)cn1. The minimum absolute atomic E-state index is 1.19. The highest BCUT2D eigenvalue weighted by Crippen LogP contribution is 2.55. The maximum Gasteiger partial charge on any atom is 0.182 e. The smallest absolute Gasteiger partial charge is 0.182 e. The second-order valence-corrected chi connectivity index (χ2v) is 28.8. The first kappa shape index (κ1) is 32.8. The molecule has 1 aliphatic heterocycles. The van der Waals surface area contributed by atoms with Crippen molar-refractivity contribution in [1.29, 1.82) is 0 Å². The highest BCUT2D eigenvalue weighted by molar-refractivity contribution is 7.29. The first-order valence-electron chi connectivity index (χ1n) is 17.3. The molecule has 0 spiro atoms. The Balaban J connectivity index is 1.72. The van der Waals surface area contributed by atoms with E-state index in [9.17, 15) is 0 Å². The predicted octanol–water partition coefficient (Wildman–Crippen LogP) is 8.44. The minimum atomic E-state index is -3.04. The highest BCUT2D eigenvalue weighted by Gasteiger charge is 2.53. The van der Waals surface area contributed by atoms with E-state index in [0.717, 1.165) is 0 Å². The van der Waals surface area contributed by atoms with Crippen LogP contribution in [0.25, 0.3) is 21.5 Å². The molecule has 2 aromatic heterocycles. The summed E-state index contributed by atoms with van der Waals surface area (Å²) < 4.78 is 0. The van der Waals surface area contributed by atoms with Gasteiger partial charge in [-0.1, -0.05) is 173 Å². The number of nitrogens with zero attached hydrogens (tertiary/aromatic N) is 2. The molecular weight excluding hydrogens is 641 g/mol. The zero-order valence-corrected chi connectivity index (χ0v) is 32.4. The minimum Gasteiger partial charge on any atom is -0.266 e. The third kappa shape index (κ3) is 5.97. The first-order valence-corrected chi connectivity index (χ1v) is 26.3. The Kier molecular flexibility index (Phi) is 8.69. The summed E-state index contributed by atoms with van der Waals surface area (Å²) >= 11 is 0. The Hall–Kier alpha value is -4.69. The molecule has 0 radical (unpaired) electrons. The Morgan fingerprint density at radius 3 is 0.980 bits per heavy atom. The van der Waals surface area contributed by atoms with Gasteiger partial charge in [0.25, 0.3) is 0 Å². The van der Waals surface area contributed by atoms with E-state index in [0.29, 0.717) is 0 Å². The number of pyridine rings is 2. The van der Waals surface area contributed by atoms with Crippen molar-refractivity contribution in [2.24, 2.45) is 0 Å². The van der Waals surface area contributed by atoms with Gasteiger partial charge in [-0.25, -0.2) is 0 Å². The van der Waals surface area contributed by atoms with Crippen molar-refractivity contribution in [2.75, 3.05) is 0 Å². The van der Waals surface area contributed by atoms with E-state index < -0.39 is 24.2 Å². The van der Waals surface area contributed by atoms with Crippen LogP contribution in [-0.2, 0) is 0 Å². The van der Waals surface area contributed by atoms with Crippen LogP contribution in [0.4, 0.5) is 0 Å². The van der Waals surface area contributed by atoms with Crippen LogP contribution in [0.2, 0.25) is 39.3 Å². The lowest BCUT2D eigenvalue weighted by molar-refractivity contribution is 1.34. The summed E-state index contributed by atoms with van der Waals surface area (Å²) in [5.74, 6) is 0. The lowest BCUT2D eigenvalue weighted by Crippen LogP contribution is -2.59. The number of rotatable bonds is 8. The molecule has 0 N–H and O–H groups in total. The molecule has 7 rings (SSSR count). The van der Waals surface area contributed by atoms with Gasteiger partial charge < -0.3 is 0 Å². The summed E-state index contributed by atoms with van der Waals surface area (Å²) in [6.45, 7) is 14.2. The quantitative estimate of drug-likeness (QED) is 0.151. The molecule has 6 aromatic rings. The fourth-order valence-electron chi connectivity index (χ4n) is 7.35. The van der Waals surface area contributed by atoms with E-state index in [-0.39, 0.29) is 0 Å². The van der Waals surface area contributed by atoms with Crippen LogP contribution < -0.4 is 21.0 Å². The van der Waals surface area contributed by atoms with Crippen molar-refractivity contribution in [3.63, 3.8) is 0 Å². The maximum absolute atomic E-state index is 5.23. The summed E-state index contributed by atoms with van der Waals surface area (Å²) in [6, 6.07) is 54.0. The van der Waals surface area contributed by atoms with Crippen molar-refractivity contribution in [1.82, 2.24) is 9.97 Å². The van der Waals surface area contributed by atoms with Gasteiger partial charge in [-0.2, -0.15) is 0 Å². The number of benzene rings is 4. The molecule has 0 fully saturated rings. The Morgan fingerprint density at radius 1 is 0.367 bits per heavy atom. The summed E-state index contributed by atoms with van der Waals surface area (Å²) in [5.41, 5.74) is 7.40. The van der Waals surface area contributed by atoms with Gasteiger partial charge in [0, 0.05) is 23.0 Å². The van der Waals surface area contributed by atoms with Gasteiger partial charge in [-0.15, -0.1) is 0 Å². The lowest BCUT2D eigenvalue weighted by atomic mass is 9.89. The van der Waals surface area contributed by atoms with Gasteiger partial charge >= 0.3 is 0 Å². The molecule has 0 unspecified atom stereocenters. The van der Waals surface area contributed by atoms with Crippen molar-refractivity contribution >= 4 is 66.8 Å². The molecule has 242 valence electrons. The maximum atomic E-state index is 5.23. The highest BCUT2D eigenvalue weighted by atomic mass is 28.3. The zero-order valence-electron chi connectivity index (χ0n) is 29.4.